The van der Waals surface area contributed by atoms with E-state index in [0.29, 0.717) is 4.70 Å². The van der Waals surface area contributed by atoms with Crippen molar-refractivity contribution >= 4 is 26.4 Å². The van der Waals surface area contributed by atoms with E-state index in [-0.39, 0.29) is 21.7 Å². The Morgan fingerprint density at radius 2 is 2.07 bits per heavy atom. The molecule has 74 valence electrons. The van der Waals surface area contributed by atoms with Crippen molar-refractivity contribution in [2.45, 2.75) is 6.43 Å². The molecular formula is C9H7F2NOS. The van der Waals surface area contributed by atoms with Gasteiger partial charge in [-0.05, 0) is 12.1 Å². The first kappa shape index (κ1) is 9.21. The van der Waals surface area contributed by atoms with Crippen LogP contribution in [0.1, 0.15) is 12.0 Å². The lowest BCUT2D eigenvalue weighted by atomic mass is 10.1. The number of rotatable bonds is 1. The average molecular weight is 215 g/mol. The van der Waals surface area contributed by atoms with Gasteiger partial charge in [-0.3, -0.25) is 0 Å². The van der Waals surface area contributed by atoms with E-state index in [1.165, 1.54) is 6.07 Å². The Bertz CT molecular complexity index is 481. The number of fused-ring (bicyclic) bond motifs is 1. The molecule has 0 aliphatic heterocycles. The highest BCUT2D eigenvalue weighted by atomic mass is 32.1. The molecule has 5 heteroatoms. The monoisotopic (exact) mass is 215 g/mol. The molecule has 2 nitrogen and oxygen atoms in total. The van der Waals surface area contributed by atoms with Gasteiger partial charge in [-0.2, -0.15) is 0 Å². The summed E-state index contributed by atoms with van der Waals surface area (Å²) in [5.41, 5.74) is 5.19. The smallest absolute Gasteiger partial charge is 0.267 e. The lowest BCUT2D eigenvalue weighted by Gasteiger charge is -2.00. The van der Waals surface area contributed by atoms with Gasteiger partial charge < -0.3 is 10.8 Å². The zero-order chi connectivity index (χ0) is 10.3. The number of phenolic OH excluding ortho intramolecular Hbond substituents is 1. The van der Waals surface area contributed by atoms with E-state index in [1.54, 1.807) is 12.1 Å². The molecule has 3 N–H and O–H groups in total. The summed E-state index contributed by atoms with van der Waals surface area (Å²) in [5.74, 6) is -0.147. The molecule has 0 radical (unpaired) electrons. The van der Waals surface area contributed by atoms with Crippen molar-refractivity contribution in [2.24, 2.45) is 0 Å². The maximum absolute atomic E-state index is 12.6. The van der Waals surface area contributed by atoms with Crippen LogP contribution in [0, 0.1) is 0 Å². The molecule has 0 fully saturated rings. The fourth-order valence-corrected chi connectivity index (χ4v) is 2.39. The molecular weight excluding hydrogens is 208 g/mol. The van der Waals surface area contributed by atoms with Gasteiger partial charge in [0, 0.05) is 10.1 Å². The van der Waals surface area contributed by atoms with E-state index in [0.717, 1.165) is 11.3 Å². The van der Waals surface area contributed by atoms with Crippen molar-refractivity contribution in [3.63, 3.8) is 0 Å². The molecule has 0 aliphatic rings. The second-order valence-electron chi connectivity index (χ2n) is 2.83. The van der Waals surface area contributed by atoms with Crippen LogP contribution in [0.5, 0.6) is 5.75 Å². The average Bonchev–Trinajstić information content (AvgIpc) is 2.42. The van der Waals surface area contributed by atoms with Gasteiger partial charge in [0.05, 0.1) is 10.6 Å². The minimum Gasteiger partial charge on any atom is -0.507 e. The van der Waals surface area contributed by atoms with Gasteiger partial charge in [-0.25, -0.2) is 8.78 Å². The molecule has 0 bridgehead atoms. The van der Waals surface area contributed by atoms with E-state index in [4.69, 9.17) is 5.73 Å². The summed E-state index contributed by atoms with van der Waals surface area (Å²) < 4.78 is 25.8. The summed E-state index contributed by atoms with van der Waals surface area (Å²) >= 11 is 1.06. The lowest BCUT2D eigenvalue weighted by Crippen LogP contribution is -1.89. The second kappa shape index (κ2) is 3.09. The highest BCUT2D eigenvalue weighted by molar-refractivity contribution is 7.23. The van der Waals surface area contributed by atoms with Gasteiger partial charge >= 0.3 is 0 Å². The number of hydrogen-bond acceptors (Lipinski definition) is 3. The highest BCUT2D eigenvalue weighted by Crippen LogP contribution is 2.43. The quantitative estimate of drug-likeness (QED) is 0.767. The van der Waals surface area contributed by atoms with E-state index in [1.807, 2.05) is 0 Å². The van der Waals surface area contributed by atoms with Crippen LogP contribution in [0.2, 0.25) is 0 Å². The van der Waals surface area contributed by atoms with Crippen LogP contribution < -0.4 is 5.73 Å². The summed E-state index contributed by atoms with van der Waals surface area (Å²) in [4.78, 5) is 0. The van der Waals surface area contributed by atoms with Crippen molar-refractivity contribution in [3.05, 3.63) is 23.8 Å². The molecule has 0 saturated carbocycles. The molecule has 0 amide bonds. The Morgan fingerprint density at radius 1 is 1.36 bits per heavy atom. The van der Waals surface area contributed by atoms with Gasteiger partial charge in [-0.15, -0.1) is 11.3 Å². The van der Waals surface area contributed by atoms with E-state index < -0.39 is 6.43 Å². The third-order valence-corrected chi connectivity index (χ3v) is 2.98. The SMILES string of the molecule is Nc1sc2cccc(O)c2c1C(F)F. The van der Waals surface area contributed by atoms with Crippen molar-refractivity contribution in [1.82, 2.24) is 0 Å². The molecule has 0 spiro atoms. The predicted octanol–water partition coefficient (Wildman–Crippen LogP) is 3.13. The van der Waals surface area contributed by atoms with Gasteiger partial charge in [0.15, 0.2) is 0 Å². The van der Waals surface area contributed by atoms with Crippen molar-refractivity contribution in [3.8, 4) is 5.75 Å². The van der Waals surface area contributed by atoms with Gasteiger partial charge in [-0.1, -0.05) is 6.07 Å². The Hall–Kier alpha value is -1.36. The second-order valence-corrected chi connectivity index (χ2v) is 3.91. The highest BCUT2D eigenvalue weighted by Gasteiger charge is 2.20. The number of anilines is 1. The number of halogens is 2. The van der Waals surface area contributed by atoms with Crippen molar-refractivity contribution in [1.29, 1.82) is 0 Å². The summed E-state index contributed by atoms with van der Waals surface area (Å²) in [5, 5.41) is 9.67. The first-order valence-electron chi connectivity index (χ1n) is 3.89. The lowest BCUT2D eigenvalue weighted by molar-refractivity contribution is 0.154. The number of nitrogen functional groups attached to an aromatic ring is 1. The number of aromatic hydroxyl groups is 1. The minimum absolute atomic E-state index is 0.0662. The molecule has 2 rings (SSSR count). The number of phenols is 1. The van der Waals surface area contributed by atoms with Gasteiger partial charge in [0.1, 0.15) is 5.75 Å². The fraction of sp³-hybridized carbons (Fsp3) is 0.111. The number of thiophene rings is 1. The van der Waals surface area contributed by atoms with Crippen LogP contribution in [0.3, 0.4) is 0 Å². The maximum Gasteiger partial charge on any atom is 0.267 e. The molecule has 1 aromatic carbocycles. The first-order valence-corrected chi connectivity index (χ1v) is 4.71. The van der Waals surface area contributed by atoms with Crippen LogP contribution >= 0.6 is 11.3 Å². The minimum atomic E-state index is -2.66. The topological polar surface area (TPSA) is 46.2 Å². The Kier molecular flexibility index (Phi) is 2.03. The first-order chi connectivity index (χ1) is 6.61. The van der Waals surface area contributed by atoms with Crippen molar-refractivity contribution < 1.29 is 13.9 Å². The van der Waals surface area contributed by atoms with Crippen molar-refractivity contribution in [2.75, 3.05) is 5.73 Å². The molecule has 1 aromatic heterocycles. The molecule has 0 unspecified atom stereocenters. The molecule has 0 atom stereocenters. The van der Waals surface area contributed by atoms with E-state index in [2.05, 4.69) is 0 Å². The van der Waals surface area contributed by atoms with Crippen LogP contribution in [0.4, 0.5) is 13.8 Å². The molecule has 0 saturated heterocycles. The Balaban J connectivity index is 2.86. The third-order valence-electron chi connectivity index (χ3n) is 1.98. The standard InChI is InChI=1S/C9H7F2NOS/c10-8(11)7-6-4(13)2-1-3-5(6)14-9(7)12/h1-3,8,13H,12H2. The molecule has 0 aliphatic carbocycles. The number of benzene rings is 1. The summed E-state index contributed by atoms with van der Waals surface area (Å²) in [6, 6.07) is 4.63. The summed E-state index contributed by atoms with van der Waals surface area (Å²) in [6.07, 6.45) is -2.66. The number of hydrogen-bond donors (Lipinski definition) is 2. The van der Waals surface area contributed by atoms with Crippen LogP contribution in [-0.4, -0.2) is 5.11 Å². The molecule has 1 heterocycles. The Morgan fingerprint density at radius 3 is 2.71 bits per heavy atom. The third kappa shape index (κ3) is 1.21. The maximum atomic E-state index is 12.6. The molecule has 2 aromatic rings. The van der Waals surface area contributed by atoms with Crippen LogP contribution in [0.15, 0.2) is 18.2 Å². The fourth-order valence-electron chi connectivity index (χ4n) is 1.39. The van der Waals surface area contributed by atoms with Crippen LogP contribution in [-0.2, 0) is 0 Å². The normalized spacial score (nSPS) is 11.4. The van der Waals surface area contributed by atoms with Gasteiger partial charge in [0.2, 0.25) is 0 Å². The Labute approximate surface area is 82.6 Å². The van der Waals surface area contributed by atoms with Crippen LogP contribution in [0.25, 0.3) is 10.1 Å². The number of nitrogens with two attached hydrogens (primary N) is 1. The largest absolute Gasteiger partial charge is 0.507 e. The molecule has 14 heavy (non-hydrogen) atoms. The summed E-state index contributed by atoms with van der Waals surface area (Å²) in [7, 11) is 0. The summed E-state index contributed by atoms with van der Waals surface area (Å²) in [6.45, 7) is 0. The van der Waals surface area contributed by atoms with Gasteiger partial charge in [0.25, 0.3) is 6.43 Å². The zero-order valence-electron chi connectivity index (χ0n) is 7.00. The number of alkyl halides is 2. The van der Waals surface area contributed by atoms with E-state index in [9.17, 15) is 13.9 Å². The van der Waals surface area contributed by atoms with E-state index >= 15 is 0 Å². The zero-order valence-corrected chi connectivity index (χ0v) is 7.81. The predicted molar refractivity (Wildman–Crippen MR) is 52.9 cm³/mol.